The van der Waals surface area contributed by atoms with Crippen molar-refractivity contribution in [3.63, 3.8) is 0 Å². The minimum atomic E-state index is -2.59. The van der Waals surface area contributed by atoms with E-state index in [9.17, 15) is 13.6 Å². The number of methoxy groups -OCH3 is 1. The number of carbonyl (C=O) groups is 1. The lowest BCUT2D eigenvalue weighted by Gasteiger charge is -2.24. The summed E-state index contributed by atoms with van der Waals surface area (Å²) in [5, 5.41) is 7.43. The van der Waals surface area contributed by atoms with Gasteiger partial charge in [0, 0.05) is 38.2 Å². The number of amidine groups is 1. The molecule has 1 aliphatic carbocycles. The van der Waals surface area contributed by atoms with Gasteiger partial charge in [-0.05, 0) is 29.3 Å². The number of hydrogen-bond acceptors (Lipinski definition) is 4. The van der Waals surface area contributed by atoms with Gasteiger partial charge in [0.15, 0.2) is 0 Å². The third kappa shape index (κ3) is 3.87. The number of carbonyl (C=O) groups excluding carboxylic acids is 1. The molecule has 1 unspecified atom stereocenters. The predicted octanol–water partition coefficient (Wildman–Crippen LogP) is 3.75. The Balaban J connectivity index is 1.67. The predicted molar refractivity (Wildman–Crippen MR) is 96.3 cm³/mol. The fourth-order valence-corrected chi connectivity index (χ4v) is 2.83. The van der Waals surface area contributed by atoms with Crippen LogP contribution in [0.15, 0.2) is 52.8 Å². The Bertz CT molecular complexity index is 798. The number of ether oxygens (including phenoxy) is 1. The van der Waals surface area contributed by atoms with E-state index >= 15 is 0 Å². The van der Waals surface area contributed by atoms with Crippen molar-refractivity contribution in [1.82, 2.24) is 4.90 Å². The molecule has 1 atom stereocenters. The van der Waals surface area contributed by atoms with Crippen molar-refractivity contribution in [3.05, 3.63) is 53.7 Å². The number of benzene rings is 1. The quantitative estimate of drug-likeness (QED) is 0.348. The van der Waals surface area contributed by atoms with Gasteiger partial charge in [0.25, 0.3) is 5.92 Å². The van der Waals surface area contributed by atoms with Gasteiger partial charge in [0.05, 0.1) is 12.7 Å². The van der Waals surface area contributed by atoms with Gasteiger partial charge in [-0.1, -0.05) is 18.2 Å². The topological polar surface area (TPSA) is 54.3 Å². The summed E-state index contributed by atoms with van der Waals surface area (Å²) in [6, 6.07) is 7.07. The highest BCUT2D eigenvalue weighted by Crippen LogP contribution is 2.51. The zero-order valence-electron chi connectivity index (χ0n) is 14.4. The van der Waals surface area contributed by atoms with Crippen molar-refractivity contribution < 1.29 is 18.3 Å². The Hall–Kier alpha value is -2.83. The molecule has 1 aromatic rings. The fraction of sp³-hybridized carbons (Fsp3) is 0.316. The average molecular weight is 359 g/mol. The molecule has 1 saturated carbocycles. The molecule has 3 rings (SSSR count). The van der Waals surface area contributed by atoms with Crippen molar-refractivity contribution in [2.45, 2.75) is 18.8 Å². The first-order chi connectivity index (χ1) is 12.4. The van der Waals surface area contributed by atoms with Crippen LogP contribution in [0.5, 0.6) is 0 Å². The van der Waals surface area contributed by atoms with Gasteiger partial charge < -0.3 is 9.64 Å². The molecular formula is C19H19F2N3O2. The molecule has 0 amide bonds. The first-order valence-corrected chi connectivity index (χ1v) is 8.18. The van der Waals surface area contributed by atoms with Crippen molar-refractivity contribution in [1.29, 1.82) is 0 Å². The molecule has 0 N–H and O–H groups in total. The van der Waals surface area contributed by atoms with E-state index in [0.29, 0.717) is 17.9 Å². The first kappa shape index (κ1) is 18.0. The van der Waals surface area contributed by atoms with Crippen molar-refractivity contribution in [2.24, 2.45) is 16.1 Å². The van der Waals surface area contributed by atoms with Gasteiger partial charge in [-0.3, -0.25) is 0 Å². The largest absolute Gasteiger partial charge is 0.465 e. The van der Waals surface area contributed by atoms with Crippen LogP contribution in [0.2, 0.25) is 0 Å². The summed E-state index contributed by atoms with van der Waals surface area (Å²) >= 11 is 0. The number of rotatable bonds is 5. The summed E-state index contributed by atoms with van der Waals surface area (Å²) in [7, 11) is 1.34. The Morgan fingerprint density at radius 3 is 2.58 bits per heavy atom. The van der Waals surface area contributed by atoms with Gasteiger partial charge >= 0.3 is 5.97 Å². The summed E-state index contributed by atoms with van der Waals surface area (Å²) in [5.41, 5.74) is 2.40. The average Bonchev–Trinajstić information content (AvgIpc) is 3.27. The molecule has 1 fully saturated rings. The highest BCUT2D eigenvalue weighted by Gasteiger charge is 2.57. The molecule has 0 saturated heterocycles. The second-order valence-electron chi connectivity index (χ2n) is 6.22. The van der Waals surface area contributed by atoms with Crippen molar-refractivity contribution >= 4 is 24.1 Å². The van der Waals surface area contributed by atoms with E-state index in [1.807, 2.05) is 24.3 Å². The van der Waals surface area contributed by atoms with Crippen LogP contribution in [0.1, 0.15) is 28.8 Å². The van der Waals surface area contributed by atoms with E-state index < -0.39 is 11.8 Å². The lowest BCUT2D eigenvalue weighted by molar-refractivity contribution is 0.0600. The van der Waals surface area contributed by atoms with Gasteiger partial charge in [-0.25, -0.2) is 13.6 Å². The van der Waals surface area contributed by atoms with E-state index in [4.69, 9.17) is 0 Å². The monoisotopic (exact) mass is 359 g/mol. The van der Waals surface area contributed by atoms with Crippen LogP contribution in [0.25, 0.3) is 5.57 Å². The van der Waals surface area contributed by atoms with Gasteiger partial charge in [-0.15, -0.1) is 5.10 Å². The van der Waals surface area contributed by atoms with Crippen molar-refractivity contribution in [2.75, 3.05) is 13.7 Å². The van der Waals surface area contributed by atoms with Crippen LogP contribution in [-0.2, 0) is 4.74 Å². The SMILES string of the molecule is C=N/N=C(/CC1CC1(F)F)N1C=CC(c2ccc(C(=O)OC)cc2)=CC1. The summed E-state index contributed by atoms with van der Waals surface area (Å²) in [6.45, 7) is 3.82. The zero-order chi connectivity index (χ0) is 18.7. The number of hydrogen-bond donors (Lipinski definition) is 0. The molecule has 0 radical (unpaired) electrons. The van der Waals surface area contributed by atoms with Crippen LogP contribution >= 0.6 is 0 Å². The molecule has 2 aliphatic rings. The number of nitrogens with zero attached hydrogens (tertiary/aromatic N) is 3. The Labute approximate surface area is 150 Å². The lowest BCUT2D eigenvalue weighted by atomic mass is 10.0. The third-order valence-electron chi connectivity index (χ3n) is 4.48. The van der Waals surface area contributed by atoms with E-state index in [-0.39, 0.29) is 18.8 Å². The minimum Gasteiger partial charge on any atom is -0.465 e. The summed E-state index contributed by atoms with van der Waals surface area (Å²) in [5.74, 6) is -3.17. The van der Waals surface area contributed by atoms with Crippen LogP contribution in [-0.4, -0.2) is 43.0 Å². The van der Waals surface area contributed by atoms with E-state index in [1.54, 1.807) is 23.2 Å². The number of allylic oxidation sites excluding steroid dienone is 2. The standard InChI is InChI=1S/C19H19F2N3O2/c1-22-23-17(11-16-12-19(16,20)21)24-9-7-14(8-10-24)13-3-5-15(6-4-13)18(25)26-2/h3-9,16H,1,10-12H2,2H3/b23-17-. The Kier molecular flexibility index (Phi) is 4.97. The molecule has 0 aromatic heterocycles. The maximum Gasteiger partial charge on any atom is 0.337 e. The summed E-state index contributed by atoms with van der Waals surface area (Å²) < 4.78 is 31.0. The van der Waals surface area contributed by atoms with Crippen molar-refractivity contribution in [3.8, 4) is 0 Å². The van der Waals surface area contributed by atoms with Crippen LogP contribution < -0.4 is 0 Å². The lowest BCUT2D eigenvalue weighted by Crippen LogP contribution is -2.28. The molecule has 0 spiro atoms. The van der Waals surface area contributed by atoms with Crippen LogP contribution in [0, 0.1) is 5.92 Å². The molecule has 1 heterocycles. The zero-order valence-corrected chi connectivity index (χ0v) is 14.4. The van der Waals surface area contributed by atoms with Crippen LogP contribution in [0.4, 0.5) is 8.78 Å². The molecule has 26 heavy (non-hydrogen) atoms. The van der Waals surface area contributed by atoms with E-state index in [1.165, 1.54) is 7.11 Å². The van der Waals surface area contributed by atoms with Gasteiger partial charge in [0.2, 0.25) is 0 Å². The minimum absolute atomic E-state index is 0.103. The van der Waals surface area contributed by atoms with E-state index in [2.05, 4.69) is 21.7 Å². The second kappa shape index (κ2) is 7.19. The Morgan fingerprint density at radius 2 is 2.08 bits per heavy atom. The summed E-state index contributed by atoms with van der Waals surface area (Å²) in [4.78, 5) is 13.3. The van der Waals surface area contributed by atoms with Crippen LogP contribution in [0.3, 0.4) is 0 Å². The highest BCUT2D eigenvalue weighted by atomic mass is 19.3. The second-order valence-corrected chi connectivity index (χ2v) is 6.22. The Morgan fingerprint density at radius 1 is 1.38 bits per heavy atom. The number of halogens is 2. The van der Waals surface area contributed by atoms with E-state index in [0.717, 1.165) is 11.1 Å². The first-order valence-electron chi connectivity index (χ1n) is 8.18. The molecular weight excluding hydrogens is 340 g/mol. The molecule has 5 nitrogen and oxygen atoms in total. The number of alkyl halides is 2. The molecule has 7 heteroatoms. The third-order valence-corrected chi connectivity index (χ3v) is 4.48. The summed E-state index contributed by atoms with van der Waals surface area (Å²) in [6.07, 6.45) is 5.72. The molecule has 0 bridgehead atoms. The van der Waals surface area contributed by atoms with Gasteiger partial charge in [-0.2, -0.15) is 5.10 Å². The molecule has 136 valence electrons. The molecule has 1 aliphatic heterocycles. The highest BCUT2D eigenvalue weighted by molar-refractivity contribution is 5.90. The fourth-order valence-electron chi connectivity index (χ4n) is 2.83. The normalized spacial score (nSPS) is 21.2. The number of esters is 1. The smallest absolute Gasteiger partial charge is 0.337 e. The molecule has 1 aromatic carbocycles. The maximum absolute atomic E-state index is 13.2. The maximum atomic E-state index is 13.2. The van der Waals surface area contributed by atoms with Gasteiger partial charge in [0.1, 0.15) is 5.84 Å².